The summed E-state index contributed by atoms with van der Waals surface area (Å²) in [4.78, 5) is 43.0. The Labute approximate surface area is 186 Å². The number of hydrogen-bond donors (Lipinski definition) is 2. The van der Waals surface area contributed by atoms with Crippen LogP contribution in [-0.2, 0) is 25.5 Å². The highest BCUT2D eigenvalue weighted by Gasteiger charge is 2.56. The zero-order valence-electron chi connectivity index (χ0n) is 16.7. The number of carbonyl (C=O) groups is 3. The Hall–Kier alpha value is -2.83. The molecule has 12 heteroatoms. The first-order valence-corrected chi connectivity index (χ1v) is 10.9. The van der Waals surface area contributed by atoms with Gasteiger partial charge < -0.3 is 24.6 Å². The normalized spacial score (nSPS) is 19.4. The highest BCUT2D eigenvalue weighted by atomic mass is 32.2. The fourth-order valence-corrected chi connectivity index (χ4v) is 5.49. The van der Waals surface area contributed by atoms with Crippen LogP contribution in [0.25, 0.3) is 4.91 Å². The van der Waals surface area contributed by atoms with Gasteiger partial charge in [0.2, 0.25) is 11.8 Å². The van der Waals surface area contributed by atoms with E-state index in [2.05, 4.69) is 23.5 Å². The van der Waals surface area contributed by atoms with Crippen molar-refractivity contribution in [3.05, 3.63) is 46.8 Å². The lowest BCUT2D eigenvalue weighted by molar-refractivity contribution is -0.151. The highest BCUT2D eigenvalue weighted by molar-refractivity contribution is 8.09. The summed E-state index contributed by atoms with van der Waals surface area (Å²) in [6.45, 7) is 8.60. The highest BCUT2D eigenvalue weighted by Crippen LogP contribution is 2.54. The summed E-state index contributed by atoms with van der Waals surface area (Å²) < 4.78 is 15.1. The molecular formula is C19H21N3O7S2. The second-order valence-corrected chi connectivity index (χ2v) is 8.57. The van der Waals surface area contributed by atoms with Crippen LogP contribution in [0.1, 0.15) is 15.6 Å². The van der Waals surface area contributed by atoms with Gasteiger partial charge in [0.1, 0.15) is 23.6 Å². The minimum atomic E-state index is -0.970. The maximum absolute atomic E-state index is 12.4. The standard InChI is InChI=1S/C19H21N3O7S2/c1-4-6-27-18(25)20-8-12-21-10(3)13(30-12)14-16(29-19(26)28-7-5-2)22-15(24)11(9-23)17(22)31-14/h4-5,11,17,23H,1-2,6-9H2,3H3,(H,20,25)/t11-,17+/m0/s1. The van der Waals surface area contributed by atoms with Gasteiger partial charge in [-0.15, -0.1) is 11.3 Å². The number of carbonyl (C=O) groups excluding carboxylic acids is 3. The molecule has 3 rings (SSSR count). The van der Waals surface area contributed by atoms with Crippen LogP contribution >= 0.6 is 23.1 Å². The molecule has 2 aliphatic rings. The number of thiazole rings is 1. The van der Waals surface area contributed by atoms with Gasteiger partial charge in [-0.05, 0) is 6.92 Å². The number of nitrogens with one attached hydrogen (secondary N) is 1. The van der Waals surface area contributed by atoms with E-state index in [1.807, 2.05) is 0 Å². The summed E-state index contributed by atoms with van der Waals surface area (Å²) >= 11 is 2.59. The molecule has 2 aliphatic heterocycles. The lowest BCUT2D eigenvalue weighted by Crippen LogP contribution is -2.58. The number of β-lactam (4-membered cyclic amide) rings is 1. The van der Waals surface area contributed by atoms with E-state index in [0.717, 1.165) is 0 Å². The van der Waals surface area contributed by atoms with E-state index in [0.29, 0.717) is 20.5 Å². The van der Waals surface area contributed by atoms with E-state index in [1.165, 1.54) is 40.2 Å². The number of aromatic nitrogens is 1. The largest absolute Gasteiger partial charge is 0.515 e. The number of aryl methyl sites for hydroxylation is 1. The zero-order chi connectivity index (χ0) is 22.5. The van der Waals surface area contributed by atoms with Gasteiger partial charge in [-0.25, -0.2) is 14.6 Å². The molecule has 2 atom stereocenters. The van der Waals surface area contributed by atoms with Crippen LogP contribution < -0.4 is 5.32 Å². The van der Waals surface area contributed by atoms with E-state index in [-0.39, 0.29) is 43.5 Å². The predicted octanol–water partition coefficient (Wildman–Crippen LogP) is 2.35. The van der Waals surface area contributed by atoms with Gasteiger partial charge in [0, 0.05) is 0 Å². The van der Waals surface area contributed by atoms with Crippen molar-refractivity contribution in [2.45, 2.75) is 18.8 Å². The lowest BCUT2D eigenvalue weighted by Gasteiger charge is -2.40. The molecule has 0 aliphatic carbocycles. The van der Waals surface area contributed by atoms with Crippen LogP contribution in [0.2, 0.25) is 0 Å². The smallest absolute Gasteiger partial charge is 0.445 e. The molecule has 1 aromatic heterocycles. The van der Waals surface area contributed by atoms with Gasteiger partial charge in [0.25, 0.3) is 0 Å². The quantitative estimate of drug-likeness (QED) is 0.319. The van der Waals surface area contributed by atoms with Crippen molar-refractivity contribution in [1.82, 2.24) is 15.2 Å². The summed E-state index contributed by atoms with van der Waals surface area (Å²) in [6, 6.07) is 0. The van der Waals surface area contributed by atoms with Crippen molar-refractivity contribution < 1.29 is 33.7 Å². The summed E-state index contributed by atoms with van der Waals surface area (Å²) in [5.41, 5.74) is 0.639. The molecule has 3 heterocycles. The first kappa shape index (κ1) is 22.8. The minimum Gasteiger partial charge on any atom is -0.445 e. The van der Waals surface area contributed by atoms with Crippen molar-refractivity contribution in [3.8, 4) is 0 Å². The van der Waals surface area contributed by atoms with Crippen LogP contribution in [0.3, 0.4) is 0 Å². The summed E-state index contributed by atoms with van der Waals surface area (Å²) in [5.74, 6) is -0.870. The summed E-state index contributed by atoms with van der Waals surface area (Å²) in [7, 11) is 0. The number of rotatable bonds is 9. The van der Waals surface area contributed by atoms with Crippen molar-refractivity contribution in [2.24, 2.45) is 5.92 Å². The molecule has 2 amide bonds. The molecule has 31 heavy (non-hydrogen) atoms. The third-order valence-corrected chi connectivity index (χ3v) is 6.96. The number of ether oxygens (including phenoxy) is 3. The Bertz CT molecular complexity index is 943. The van der Waals surface area contributed by atoms with Gasteiger partial charge in [0.15, 0.2) is 0 Å². The fourth-order valence-electron chi connectivity index (χ4n) is 2.88. The maximum atomic E-state index is 12.4. The summed E-state index contributed by atoms with van der Waals surface area (Å²) in [5, 5.41) is 12.3. The Morgan fingerprint density at radius 1 is 1.29 bits per heavy atom. The molecule has 1 fully saturated rings. The van der Waals surface area contributed by atoms with Gasteiger partial charge in [-0.3, -0.25) is 9.69 Å². The Balaban J connectivity index is 1.82. The molecular weight excluding hydrogens is 446 g/mol. The third-order valence-electron chi connectivity index (χ3n) is 4.26. The molecule has 1 aromatic rings. The van der Waals surface area contributed by atoms with Crippen LogP contribution in [0, 0.1) is 12.8 Å². The van der Waals surface area contributed by atoms with Gasteiger partial charge >= 0.3 is 12.2 Å². The van der Waals surface area contributed by atoms with Gasteiger partial charge in [-0.1, -0.05) is 37.1 Å². The van der Waals surface area contributed by atoms with Crippen LogP contribution in [-0.4, -0.2) is 58.3 Å². The first-order valence-electron chi connectivity index (χ1n) is 9.19. The number of amides is 2. The average Bonchev–Trinajstić information content (AvgIpc) is 3.26. The Kier molecular flexibility index (Phi) is 7.36. The number of aliphatic hydroxyl groups is 1. The molecule has 10 nitrogen and oxygen atoms in total. The van der Waals surface area contributed by atoms with Crippen molar-refractivity contribution >= 4 is 46.2 Å². The molecule has 0 saturated carbocycles. The Morgan fingerprint density at radius 2 is 2.00 bits per heavy atom. The van der Waals surface area contributed by atoms with Crippen LogP contribution in [0.4, 0.5) is 9.59 Å². The predicted molar refractivity (Wildman–Crippen MR) is 114 cm³/mol. The zero-order valence-corrected chi connectivity index (χ0v) is 18.3. The number of aliphatic hydroxyl groups excluding tert-OH is 1. The van der Waals surface area contributed by atoms with E-state index in [1.54, 1.807) is 6.92 Å². The van der Waals surface area contributed by atoms with Crippen molar-refractivity contribution in [1.29, 1.82) is 0 Å². The first-order chi connectivity index (χ1) is 14.9. The molecule has 0 spiro atoms. The molecule has 0 radical (unpaired) electrons. The number of thioether (sulfide) groups is 1. The molecule has 0 unspecified atom stereocenters. The van der Waals surface area contributed by atoms with Crippen LogP contribution in [0.5, 0.6) is 0 Å². The summed E-state index contributed by atoms with van der Waals surface area (Å²) in [6.07, 6.45) is 1.29. The third kappa shape index (κ3) is 4.75. The lowest BCUT2D eigenvalue weighted by atomic mass is 10.00. The molecule has 2 N–H and O–H groups in total. The van der Waals surface area contributed by atoms with Crippen LogP contribution in [0.15, 0.2) is 31.2 Å². The maximum Gasteiger partial charge on any atom is 0.515 e. The van der Waals surface area contributed by atoms with E-state index in [9.17, 15) is 19.5 Å². The molecule has 0 bridgehead atoms. The number of alkyl carbamates (subject to hydrolysis) is 1. The second kappa shape index (κ2) is 9.98. The van der Waals surface area contributed by atoms with Crippen molar-refractivity contribution in [2.75, 3.05) is 19.8 Å². The molecule has 166 valence electrons. The second-order valence-electron chi connectivity index (χ2n) is 6.35. The van der Waals surface area contributed by atoms with E-state index in [4.69, 9.17) is 14.2 Å². The average molecular weight is 468 g/mol. The SMILES string of the molecule is C=CCOC(=O)NCc1nc(C)c(C2=C(OC(=O)OCC=C)N3C(=O)[C@H](CO)[C@H]3S2)s1. The fraction of sp³-hybridized carbons (Fsp3) is 0.368. The number of fused-ring (bicyclic) bond motifs is 1. The number of nitrogens with zero attached hydrogens (tertiary/aromatic N) is 2. The number of hydrogen-bond acceptors (Lipinski definition) is 10. The minimum absolute atomic E-state index is 0.0391. The monoisotopic (exact) mass is 467 g/mol. The Morgan fingerprint density at radius 3 is 2.68 bits per heavy atom. The van der Waals surface area contributed by atoms with E-state index < -0.39 is 18.2 Å². The van der Waals surface area contributed by atoms with Gasteiger partial charge in [-0.2, -0.15) is 0 Å². The van der Waals surface area contributed by atoms with Gasteiger partial charge in [0.05, 0.1) is 34.5 Å². The molecule has 1 saturated heterocycles. The topological polar surface area (TPSA) is 127 Å². The van der Waals surface area contributed by atoms with Crippen molar-refractivity contribution in [3.63, 3.8) is 0 Å². The molecule has 0 aromatic carbocycles. The van der Waals surface area contributed by atoms with E-state index >= 15 is 0 Å².